The van der Waals surface area contributed by atoms with E-state index in [0.29, 0.717) is 30.1 Å². The minimum absolute atomic E-state index is 0.0548. The number of fused-ring (bicyclic) bond motifs is 1. The summed E-state index contributed by atoms with van der Waals surface area (Å²) in [6.45, 7) is 2.21. The van der Waals surface area contributed by atoms with Crippen molar-refractivity contribution in [3.8, 4) is 0 Å². The van der Waals surface area contributed by atoms with E-state index in [1.807, 2.05) is 0 Å². The number of benzene rings is 1. The van der Waals surface area contributed by atoms with Crippen LogP contribution in [0.25, 0.3) is 0 Å². The Morgan fingerprint density at radius 3 is 2.17 bits per heavy atom. The monoisotopic (exact) mass is 315 g/mol. The average molecular weight is 315 g/mol. The molecule has 1 aliphatic heterocycles. The van der Waals surface area contributed by atoms with Gasteiger partial charge in [0, 0.05) is 12.5 Å². The predicted octanol–water partition coefficient (Wildman–Crippen LogP) is 2.79. The molecule has 0 atom stereocenters. The largest absolute Gasteiger partial charge is 0.466 e. The average Bonchev–Trinajstić information content (AvgIpc) is 2.81. The molecule has 1 fully saturated rings. The molecule has 0 bridgehead atoms. The predicted molar refractivity (Wildman–Crippen MR) is 83.9 cm³/mol. The molecule has 1 aliphatic carbocycles. The molecule has 0 unspecified atom stereocenters. The summed E-state index contributed by atoms with van der Waals surface area (Å²) in [5, 5.41) is 0. The lowest BCUT2D eigenvalue weighted by Gasteiger charge is -2.33. The van der Waals surface area contributed by atoms with E-state index in [9.17, 15) is 14.4 Å². The van der Waals surface area contributed by atoms with Crippen molar-refractivity contribution in [1.29, 1.82) is 0 Å². The molecular weight excluding hydrogens is 294 g/mol. The van der Waals surface area contributed by atoms with Crippen molar-refractivity contribution in [3.63, 3.8) is 0 Å². The Labute approximate surface area is 135 Å². The minimum atomic E-state index is -0.181. The van der Waals surface area contributed by atoms with E-state index in [4.69, 9.17) is 4.74 Å². The number of hydrogen-bond donors (Lipinski definition) is 0. The van der Waals surface area contributed by atoms with Gasteiger partial charge in [0.1, 0.15) is 0 Å². The third-order valence-corrected chi connectivity index (χ3v) is 4.77. The van der Waals surface area contributed by atoms with Crippen LogP contribution in [-0.4, -0.2) is 35.3 Å². The Balaban J connectivity index is 1.62. The normalized spacial score (nSPS) is 23.8. The molecule has 0 radical (unpaired) electrons. The van der Waals surface area contributed by atoms with E-state index >= 15 is 0 Å². The smallest absolute Gasteiger partial charge is 0.306 e. The number of esters is 1. The topological polar surface area (TPSA) is 63.7 Å². The SMILES string of the molecule is CCOC(=O)C[C@H]1CC[C@H](N2C(=O)c3ccccc3C2=O)CC1. The molecule has 1 aromatic carbocycles. The fourth-order valence-corrected chi connectivity index (χ4v) is 3.60. The van der Waals surface area contributed by atoms with E-state index in [1.54, 1.807) is 31.2 Å². The summed E-state index contributed by atoms with van der Waals surface area (Å²) in [7, 11) is 0. The van der Waals surface area contributed by atoms with Gasteiger partial charge in [-0.05, 0) is 50.7 Å². The maximum Gasteiger partial charge on any atom is 0.306 e. The highest BCUT2D eigenvalue weighted by molar-refractivity contribution is 6.21. The molecule has 0 spiro atoms. The highest BCUT2D eigenvalue weighted by atomic mass is 16.5. The third-order valence-electron chi connectivity index (χ3n) is 4.77. The summed E-state index contributed by atoms with van der Waals surface area (Å²) >= 11 is 0. The van der Waals surface area contributed by atoms with Crippen molar-refractivity contribution in [1.82, 2.24) is 4.90 Å². The van der Waals surface area contributed by atoms with Crippen LogP contribution in [-0.2, 0) is 9.53 Å². The van der Waals surface area contributed by atoms with Crippen LogP contribution in [0.3, 0.4) is 0 Å². The molecule has 5 nitrogen and oxygen atoms in total. The van der Waals surface area contributed by atoms with Crippen LogP contribution in [0.4, 0.5) is 0 Å². The Bertz CT molecular complexity index is 597. The Morgan fingerprint density at radius 2 is 1.65 bits per heavy atom. The van der Waals surface area contributed by atoms with Gasteiger partial charge in [0.05, 0.1) is 17.7 Å². The highest BCUT2D eigenvalue weighted by Crippen LogP contribution is 2.34. The number of nitrogens with zero attached hydrogens (tertiary/aromatic N) is 1. The molecule has 23 heavy (non-hydrogen) atoms. The van der Waals surface area contributed by atoms with Gasteiger partial charge in [-0.15, -0.1) is 0 Å². The summed E-state index contributed by atoms with van der Waals surface area (Å²) in [6, 6.07) is 6.93. The van der Waals surface area contributed by atoms with Crippen LogP contribution in [0.15, 0.2) is 24.3 Å². The number of carbonyl (C=O) groups is 3. The van der Waals surface area contributed by atoms with E-state index in [-0.39, 0.29) is 23.8 Å². The molecule has 122 valence electrons. The number of imide groups is 1. The molecule has 0 aromatic heterocycles. The summed E-state index contributed by atoms with van der Waals surface area (Å²) < 4.78 is 4.99. The number of rotatable bonds is 4. The van der Waals surface area contributed by atoms with Gasteiger partial charge in [-0.3, -0.25) is 19.3 Å². The molecule has 5 heteroatoms. The van der Waals surface area contributed by atoms with Crippen LogP contribution in [0.1, 0.15) is 59.7 Å². The van der Waals surface area contributed by atoms with Crippen LogP contribution in [0.5, 0.6) is 0 Å². The molecule has 2 amide bonds. The van der Waals surface area contributed by atoms with Crippen molar-refractivity contribution in [2.45, 2.75) is 45.1 Å². The fraction of sp³-hybridized carbons (Fsp3) is 0.500. The number of ether oxygens (including phenoxy) is 1. The lowest BCUT2D eigenvalue weighted by molar-refractivity contribution is -0.144. The summed E-state index contributed by atoms with van der Waals surface area (Å²) in [5.74, 6) is -0.226. The zero-order valence-electron chi connectivity index (χ0n) is 13.3. The number of carbonyl (C=O) groups excluding carboxylic acids is 3. The maximum absolute atomic E-state index is 12.5. The number of amides is 2. The lowest BCUT2D eigenvalue weighted by Crippen LogP contribution is -2.42. The third kappa shape index (κ3) is 3.00. The zero-order chi connectivity index (χ0) is 16.4. The van der Waals surface area contributed by atoms with E-state index in [1.165, 1.54) is 4.90 Å². The van der Waals surface area contributed by atoms with Crippen molar-refractivity contribution in [2.24, 2.45) is 5.92 Å². The second-order valence-electron chi connectivity index (χ2n) is 6.21. The van der Waals surface area contributed by atoms with E-state index in [0.717, 1.165) is 25.7 Å². The van der Waals surface area contributed by atoms with Gasteiger partial charge in [0.25, 0.3) is 11.8 Å². The van der Waals surface area contributed by atoms with Crippen LogP contribution < -0.4 is 0 Å². The van der Waals surface area contributed by atoms with Gasteiger partial charge in [-0.25, -0.2) is 0 Å². The summed E-state index contributed by atoms with van der Waals surface area (Å²) in [6.07, 6.45) is 3.64. The first-order valence-corrected chi connectivity index (χ1v) is 8.24. The molecule has 1 heterocycles. The molecular formula is C18H21NO4. The molecule has 1 aromatic rings. The van der Waals surface area contributed by atoms with Crippen molar-refractivity contribution < 1.29 is 19.1 Å². The second kappa shape index (κ2) is 6.52. The molecule has 2 aliphatic rings. The highest BCUT2D eigenvalue weighted by Gasteiger charge is 2.40. The first kappa shape index (κ1) is 15.7. The van der Waals surface area contributed by atoms with Gasteiger partial charge in [-0.2, -0.15) is 0 Å². The molecule has 0 saturated heterocycles. The van der Waals surface area contributed by atoms with E-state index in [2.05, 4.69) is 0 Å². The van der Waals surface area contributed by atoms with Crippen molar-refractivity contribution >= 4 is 17.8 Å². The van der Waals surface area contributed by atoms with Crippen LogP contribution in [0, 0.1) is 5.92 Å². The summed E-state index contributed by atoms with van der Waals surface area (Å²) in [4.78, 5) is 37.9. The molecule has 0 N–H and O–H groups in total. The first-order chi connectivity index (χ1) is 11.1. The maximum atomic E-state index is 12.5. The van der Waals surface area contributed by atoms with Gasteiger partial charge < -0.3 is 4.74 Å². The quantitative estimate of drug-likeness (QED) is 0.633. The Hall–Kier alpha value is -2.17. The van der Waals surface area contributed by atoms with Gasteiger partial charge in [0.2, 0.25) is 0 Å². The fourth-order valence-electron chi connectivity index (χ4n) is 3.60. The van der Waals surface area contributed by atoms with Crippen LogP contribution >= 0.6 is 0 Å². The Kier molecular flexibility index (Phi) is 4.46. The van der Waals surface area contributed by atoms with Gasteiger partial charge in [0.15, 0.2) is 0 Å². The molecule has 1 saturated carbocycles. The lowest BCUT2D eigenvalue weighted by atomic mass is 9.83. The standard InChI is InChI=1S/C18H21NO4/c1-2-23-16(20)11-12-7-9-13(10-8-12)19-17(21)14-5-3-4-6-15(14)18(19)22/h3-6,12-13H,2,7-11H2,1H3/t12-,13-. The van der Waals surface area contributed by atoms with E-state index < -0.39 is 0 Å². The van der Waals surface area contributed by atoms with Gasteiger partial charge in [-0.1, -0.05) is 12.1 Å². The first-order valence-electron chi connectivity index (χ1n) is 8.24. The van der Waals surface area contributed by atoms with Crippen molar-refractivity contribution in [2.75, 3.05) is 6.61 Å². The zero-order valence-corrected chi connectivity index (χ0v) is 13.3. The van der Waals surface area contributed by atoms with Gasteiger partial charge >= 0.3 is 5.97 Å². The summed E-state index contributed by atoms with van der Waals surface area (Å²) in [5.41, 5.74) is 1.01. The second-order valence-corrected chi connectivity index (χ2v) is 6.21. The Morgan fingerprint density at radius 1 is 1.09 bits per heavy atom. The van der Waals surface area contributed by atoms with Crippen LogP contribution in [0.2, 0.25) is 0 Å². The minimum Gasteiger partial charge on any atom is -0.466 e. The molecule has 3 rings (SSSR count). The number of hydrogen-bond acceptors (Lipinski definition) is 4. The van der Waals surface area contributed by atoms with Crippen molar-refractivity contribution in [3.05, 3.63) is 35.4 Å².